The molecule has 0 aliphatic rings. The number of nitrogens with zero attached hydrogens (tertiary/aromatic N) is 1. The molecule has 6 nitrogen and oxygen atoms in total. The number of hydrogen-bond donors (Lipinski definition) is 1. The first-order valence-corrected chi connectivity index (χ1v) is 5.87. The van der Waals surface area contributed by atoms with Gasteiger partial charge in [-0.25, -0.2) is 0 Å². The molecule has 0 aliphatic carbocycles. The van der Waals surface area contributed by atoms with E-state index >= 15 is 0 Å². The zero-order chi connectivity index (χ0) is 14.0. The van der Waals surface area contributed by atoms with Crippen LogP contribution in [0.5, 0.6) is 0 Å². The third-order valence-corrected chi connectivity index (χ3v) is 3.10. The highest BCUT2D eigenvalue weighted by molar-refractivity contribution is 6.31. The molecule has 0 spiro atoms. The van der Waals surface area contributed by atoms with Crippen molar-refractivity contribution in [2.75, 3.05) is 13.7 Å². The Morgan fingerprint density at radius 2 is 2.32 bits per heavy atom. The Hall–Kier alpha value is -2.08. The zero-order valence-corrected chi connectivity index (χ0v) is 10.8. The first-order valence-electron chi connectivity index (χ1n) is 5.49. The number of nitro groups is 1. The maximum absolute atomic E-state index is 11.7. The second kappa shape index (κ2) is 5.27. The Morgan fingerprint density at radius 3 is 2.95 bits per heavy atom. The lowest BCUT2D eigenvalue weighted by Crippen LogP contribution is -2.22. The quantitative estimate of drug-likeness (QED) is 0.530. The van der Waals surface area contributed by atoms with Gasteiger partial charge in [0.1, 0.15) is 5.92 Å². The third kappa shape index (κ3) is 2.68. The predicted octanol–water partition coefficient (Wildman–Crippen LogP) is 2.35. The average Bonchev–Trinajstić information content (AvgIpc) is 2.77. The SMILES string of the molecule is COC(=O)C(C[N+](=O)[O-])c1c[nH]c2ccc(Cl)cc12. The maximum atomic E-state index is 11.7. The van der Waals surface area contributed by atoms with E-state index in [0.717, 1.165) is 5.52 Å². The molecule has 2 aromatic rings. The van der Waals surface area contributed by atoms with Crippen molar-refractivity contribution < 1.29 is 14.5 Å². The van der Waals surface area contributed by atoms with Gasteiger partial charge in [0, 0.05) is 27.0 Å². The summed E-state index contributed by atoms with van der Waals surface area (Å²) in [4.78, 5) is 24.8. The molecule has 0 saturated heterocycles. The Labute approximate surface area is 113 Å². The number of esters is 1. The van der Waals surface area contributed by atoms with Gasteiger partial charge in [0.2, 0.25) is 6.54 Å². The summed E-state index contributed by atoms with van der Waals surface area (Å²) in [6.07, 6.45) is 1.58. The van der Waals surface area contributed by atoms with E-state index in [4.69, 9.17) is 11.6 Å². The number of benzene rings is 1. The van der Waals surface area contributed by atoms with Crippen molar-refractivity contribution in [3.8, 4) is 0 Å². The number of aromatic amines is 1. The zero-order valence-electron chi connectivity index (χ0n) is 10.1. The number of carbonyl (C=O) groups is 1. The number of nitrogens with one attached hydrogen (secondary N) is 1. The van der Waals surface area contributed by atoms with Crippen LogP contribution in [0.4, 0.5) is 0 Å². The van der Waals surface area contributed by atoms with E-state index < -0.39 is 23.4 Å². The van der Waals surface area contributed by atoms with Crippen LogP contribution in [0.2, 0.25) is 5.02 Å². The van der Waals surface area contributed by atoms with Gasteiger partial charge in [0.15, 0.2) is 0 Å². The number of halogens is 1. The summed E-state index contributed by atoms with van der Waals surface area (Å²) in [5, 5.41) is 11.9. The molecule has 0 radical (unpaired) electrons. The number of hydrogen-bond acceptors (Lipinski definition) is 4. The van der Waals surface area contributed by atoms with Gasteiger partial charge < -0.3 is 9.72 Å². The molecule has 1 N–H and O–H groups in total. The molecule has 1 aromatic carbocycles. The van der Waals surface area contributed by atoms with Crippen molar-refractivity contribution >= 4 is 28.5 Å². The Morgan fingerprint density at radius 1 is 1.58 bits per heavy atom. The summed E-state index contributed by atoms with van der Waals surface area (Å²) in [6, 6.07) is 5.12. The molecule has 0 fully saturated rings. The molecule has 2 rings (SSSR count). The van der Waals surface area contributed by atoms with Crippen molar-refractivity contribution in [1.82, 2.24) is 4.98 Å². The smallest absolute Gasteiger partial charge is 0.319 e. The van der Waals surface area contributed by atoms with E-state index in [-0.39, 0.29) is 0 Å². The first-order chi connectivity index (χ1) is 9.02. The molecule has 1 unspecified atom stereocenters. The number of carbonyl (C=O) groups excluding carboxylic acids is 1. The predicted molar refractivity (Wildman–Crippen MR) is 69.9 cm³/mol. The van der Waals surface area contributed by atoms with Crippen molar-refractivity contribution in [2.24, 2.45) is 0 Å². The van der Waals surface area contributed by atoms with Gasteiger partial charge in [0.25, 0.3) is 0 Å². The number of methoxy groups -OCH3 is 1. The number of H-pyrrole nitrogens is 1. The van der Waals surface area contributed by atoms with Crippen LogP contribution < -0.4 is 0 Å². The first kappa shape index (κ1) is 13.4. The van der Waals surface area contributed by atoms with Gasteiger partial charge in [0.05, 0.1) is 7.11 Å². The van der Waals surface area contributed by atoms with Crippen molar-refractivity contribution in [3.63, 3.8) is 0 Å². The second-order valence-electron chi connectivity index (χ2n) is 4.02. The van der Waals surface area contributed by atoms with Crippen LogP contribution in [0.15, 0.2) is 24.4 Å². The highest BCUT2D eigenvalue weighted by Crippen LogP contribution is 2.29. The summed E-state index contributed by atoms with van der Waals surface area (Å²) in [5.41, 5.74) is 1.28. The lowest BCUT2D eigenvalue weighted by atomic mass is 9.99. The fourth-order valence-electron chi connectivity index (χ4n) is 1.99. The van der Waals surface area contributed by atoms with Crippen LogP contribution in [0, 0.1) is 10.1 Å². The minimum Gasteiger partial charge on any atom is -0.468 e. The van der Waals surface area contributed by atoms with E-state index in [1.807, 2.05) is 0 Å². The fraction of sp³-hybridized carbons (Fsp3) is 0.250. The molecular weight excluding hydrogens is 272 g/mol. The summed E-state index contributed by atoms with van der Waals surface area (Å²) >= 11 is 5.91. The third-order valence-electron chi connectivity index (χ3n) is 2.87. The van der Waals surface area contributed by atoms with Crippen LogP contribution in [0.3, 0.4) is 0 Å². The average molecular weight is 283 g/mol. The summed E-state index contributed by atoms with van der Waals surface area (Å²) < 4.78 is 4.63. The number of fused-ring (bicyclic) bond motifs is 1. The van der Waals surface area contributed by atoms with Crippen LogP contribution in [0.25, 0.3) is 10.9 Å². The number of rotatable bonds is 4. The van der Waals surface area contributed by atoms with Crippen LogP contribution in [-0.2, 0) is 9.53 Å². The Balaban J connectivity index is 2.52. The minimum absolute atomic E-state index is 0.498. The van der Waals surface area contributed by atoms with Crippen LogP contribution in [-0.4, -0.2) is 29.5 Å². The molecule has 1 atom stereocenters. The molecular formula is C12H11ClN2O4. The van der Waals surface area contributed by atoms with E-state index in [1.165, 1.54) is 7.11 Å². The summed E-state index contributed by atoms with van der Waals surface area (Å²) in [7, 11) is 1.21. The Bertz CT molecular complexity index is 638. The van der Waals surface area contributed by atoms with Crippen LogP contribution >= 0.6 is 11.6 Å². The Kier molecular flexibility index (Phi) is 3.71. The van der Waals surface area contributed by atoms with Gasteiger partial charge >= 0.3 is 5.97 Å². The highest BCUT2D eigenvalue weighted by Gasteiger charge is 2.29. The van der Waals surface area contributed by atoms with Crippen molar-refractivity contribution in [1.29, 1.82) is 0 Å². The van der Waals surface area contributed by atoms with Gasteiger partial charge in [-0.15, -0.1) is 0 Å². The van der Waals surface area contributed by atoms with E-state index in [0.29, 0.717) is 16.0 Å². The maximum Gasteiger partial charge on any atom is 0.319 e. The molecule has 19 heavy (non-hydrogen) atoms. The van der Waals surface area contributed by atoms with E-state index in [9.17, 15) is 14.9 Å². The summed E-state index contributed by atoms with van der Waals surface area (Å²) in [5.74, 6) is -1.59. The molecule has 0 amide bonds. The lowest BCUT2D eigenvalue weighted by molar-refractivity contribution is -0.481. The van der Waals surface area contributed by atoms with Gasteiger partial charge in [-0.3, -0.25) is 14.9 Å². The second-order valence-corrected chi connectivity index (χ2v) is 4.46. The van der Waals surface area contributed by atoms with Crippen LogP contribution in [0.1, 0.15) is 11.5 Å². The lowest BCUT2D eigenvalue weighted by Gasteiger charge is -2.09. The number of ether oxygens (including phenoxy) is 1. The van der Waals surface area contributed by atoms with Gasteiger partial charge in [-0.05, 0) is 23.8 Å². The standard InChI is InChI=1S/C12H11ClN2O4/c1-19-12(16)10(6-15(17)18)9-5-14-11-3-2-7(13)4-8(9)11/h2-5,10,14H,6H2,1H3. The molecule has 100 valence electrons. The van der Waals surface area contributed by atoms with Gasteiger partial charge in [-0.2, -0.15) is 0 Å². The van der Waals surface area contributed by atoms with E-state index in [2.05, 4.69) is 9.72 Å². The fourth-order valence-corrected chi connectivity index (χ4v) is 2.17. The highest BCUT2D eigenvalue weighted by atomic mass is 35.5. The minimum atomic E-state index is -0.952. The van der Waals surface area contributed by atoms with Crippen molar-refractivity contribution in [3.05, 3.63) is 45.1 Å². The monoisotopic (exact) mass is 282 g/mol. The molecule has 7 heteroatoms. The van der Waals surface area contributed by atoms with E-state index in [1.54, 1.807) is 24.4 Å². The topological polar surface area (TPSA) is 85.2 Å². The van der Waals surface area contributed by atoms with Gasteiger partial charge in [-0.1, -0.05) is 11.6 Å². The molecule has 0 aliphatic heterocycles. The molecule has 0 bridgehead atoms. The number of aromatic nitrogens is 1. The van der Waals surface area contributed by atoms with Crippen molar-refractivity contribution in [2.45, 2.75) is 5.92 Å². The molecule has 1 heterocycles. The molecule has 0 saturated carbocycles. The largest absolute Gasteiger partial charge is 0.468 e. The summed E-state index contributed by atoms with van der Waals surface area (Å²) in [6.45, 7) is -0.522. The normalized spacial score (nSPS) is 12.3. The molecule has 1 aromatic heterocycles.